The van der Waals surface area contributed by atoms with Gasteiger partial charge in [0.2, 0.25) is 0 Å². The summed E-state index contributed by atoms with van der Waals surface area (Å²) < 4.78 is 0. The van der Waals surface area contributed by atoms with Gasteiger partial charge in [0.05, 0.1) is 0 Å². The Kier molecular flexibility index (Phi) is 3.18. The van der Waals surface area contributed by atoms with Crippen molar-refractivity contribution in [1.82, 2.24) is 0 Å². The van der Waals surface area contributed by atoms with Crippen LogP contribution in [0.4, 0.5) is 0 Å². The Hall–Kier alpha value is -0.593. The van der Waals surface area contributed by atoms with Crippen LogP contribution in [0.1, 0.15) is 25.7 Å². The number of Topliss-reactive ketones (excluding diaryl/α,β-unsaturated/α-hetero) is 1. The molecule has 1 aliphatic rings. The van der Waals surface area contributed by atoms with Crippen molar-refractivity contribution >= 4 is 13.9 Å². The fourth-order valence-electron chi connectivity index (χ4n) is 1.44. The van der Waals surface area contributed by atoms with Crippen molar-refractivity contribution in [3.63, 3.8) is 0 Å². The van der Waals surface area contributed by atoms with Crippen LogP contribution in [0.25, 0.3) is 0 Å². The smallest absolute Gasteiger partial charge is 0.183 e. The van der Waals surface area contributed by atoms with Crippen LogP contribution in [-0.4, -0.2) is 24.6 Å². The molecule has 0 aliphatic heterocycles. The van der Waals surface area contributed by atoms with Gasteiger partial charge >= 0.3 is 0 Å². The molecule has 0 saturated heterocycles. The van der Waals surface area contributed by atoms with Crippen molar-refractivity contribution in [2.75, 3.05) is 0 Å². The Bertz CT molecular complexity index is 293. The van der Waals surface area contributed by atoms with Crippen LogP contribution in [0.15, 0.2) is 0 Å². The largest absolute Gasteiger partial charge is 0.371 e. The third-order valence-electron chi connectivity index (χ3n) is 2.30. The summed E-state index contributed by atoms with van der Waals surface area (Å²) in [5.74, 6) is 2.72. The van der Waals surface area contributed by atoms with Crippen LogP contribution < -0.4 is 0 Å². The molecule has 1 fully saturated rings. The second-order valence-electron chi connectivity index (χ2n) is 4.99. The van der Waals surface area contributed by atoms with Crippen molar-refractivity contribution in [3.8, 4) is 11.5 Å². The third kappa shape index (κ3) is 2.97. The van der Waals surface area contributed by atoms with E-state index in [2.05, 4.69) is 31.1 Å². The lowest BCUT2D eigenvalue weighted by molar-refractivity contribution is -0.134. The van der Waals surface area contributed by atoms with Gasteiger partial charge in [-0.2, -0.15) is 0 Å². The van der Waals surface area contributed by atoms with Crippen LogP contribution in [0, 0.1) is 11.5 Å². The molecule has 1 atom stereocenters. The highest BCUT2D eigenvalue weighted by atomic mass is 28.3. The minimum Gasteiger partial charge on any atom is -0.371 e. The molecule has 0 aromatic carbocycles. The number of hydrogen-bond donors (Lipinski definition) is 1. The maximum absolute atomic E-state index is 11.5. The van der Waals surface area contributed by atoms with E-state index in [-0.39, 0.29) is 5.78 Å². The Morgan fingerprint density at radius 2 is 2.00 bits per heavy atom. The van der Waals surface area contributed by atoms with Crippen LogP contribution in [-0.2, 0) is 4.79 Å². The maximum atomic E-state index is 11.5. The summed E-state index contributed by atoms with van der Waals surface area (Å²) in [7, 11) is -1.49. The first kappa shape index (κ1) is 11.5. The monoisotopic (exact) mass is 210 g/mol. The van der Waals surface area contributed by atoms with Gasteiger partial charge in [0.1, 0.15) is 8.07 Å². The number of hydrogen-bond acceptors (Lipinski definition) is 2. The van der Waals surface area contributed by atoms with Gasteiger partial charge in [0, 0.05) is 6.42 Å². The zero-order chi connectivity index (χ0) is 10.8. The van der Waals surface area contributed by atoms with Crippen LogP contribution in [0.3, 0.4) is 0 Å². The molecule has 0 aromatic heterocycles. The number of ketones is 1. The fraction of sp³-hybridized carbons (Fsp3) is 0.727. The maximum Gasteiger partial charge on any atom is 0.183 e. The highest BCUT2D eigenvalue weighted by molar-refractivity contribution is 6.83. The van der Waals surface area contributed by atoms with E-state index in [4.69, 9.17) is 0 Å². The summed E-state index contributed by atoms with van der Waals surface area (Å²) in [5.41, 5.74) is 1.76. The molecule has 0 bridgehead atoms. The van der Waals surface area contributed by atoms with E-state index >= 15 is 0 Å². The molecule has 2 nitrogen and oxygen atoms in total. The molecule has 1 rings (SSSR count). The van der Waals surface area contributed by atoms with Gasteiger partial charge in [-0.15, -0.1) is 5.54 Å². The molecule has 0 amide bonds. The van der Waals surface area contributed by atoms with Gasteiger partial charge in [-0.3, -0.25) is 4.79 Å². The van der Waals surface area contributed by atoms with Crippen LogP contribution in [0.5, 0.6) is 0 Å². The van der Waals surface area contributed by atoms with Crippen molar-refractivity contribution < 1.29 is 9.90 Å². The van der Waals surface area contributed by atoms with E-state index < -0.39 is 13.7 Å². The standard InChI is InChI=1S/C11H18O2Si/c1-14(2,3)9-8-11(13)7-5-4-6-10(11)12/h13H,4-7H2,1-3H3. The van der Waals surface area contributed by atoms with Gasteiger partial charge in [0.25, 0.3) is 0 Å². The average molecular weight is 210 g/mol. The van der Waals surface area contributed by atoms with Crippen molar-refractivity contribution in [2.24, 2.45) is 0 Å². The van der Waals surface area contributed by atoms with Crippen molar-refractivity contribution in [3.05, 3.63) is 0 Å². The van der Waals surface area contributed by atoms with Gasteiger partial charge in [0.15, 0.2) is 11.4 Å². The predicted molar refractivity (Wildman–Crippen MR) is 59.5 cm³/mol. The zero-order valence-electron chi connectivity index (χ0n) is 9.18. The molecule has 1 aliphatic carbocycles. The Morgan fingerprint density at radius 3 is 2.50 bits per heavy atom. The lowest BCUT2D eigenvalue weighted by Gasteiger charge is -2.25. The molecular formula is C11H18O2Si. The Balaban J connectivity index is 2.82. The quantitative estimate of drug-likeness (QED) is 0.488. The summed E-state index contributed by atoms with van der Waals surface area (Å²) in [6.45, 7) is 6.32. The fourth-order valence-corrected chi connectivity index (χ4v) is 2.02. The summed E-state index contributed by atoms with van der Waals surface area (Å²) in [5, 5.41) is 10.0. The van der Waals surface area contributed by atoms with Crippen molar-refractivity contribution in [1.29, 1.82) is 0 Å². The van der Waals surface area contributed by atoms with Gasteiger partial charge in [-0.05, 0) is 19.3 Å². The highest BCUT2D eigenvalue weighted by Gasteiger charge is 2.35. The minimum atomic E-state index is -1.49. The van der Waals surface area contributed by atoms with Gasteiger partial charge in [-0.25, -0.2) is 0 Å². The van der Waals surface area contributed by atoms with Gasteiger partial charge < -0.3 is 5.11 Å². The molecule has 14 heavy (non-hydrogen) atoms. The zero-order valence-corrected chi connectivity index (χ0v) is 10.2. The highest BCUT2D eigenvalue weighted by Crippen LogP contribution is 2.24. The number of rotatable bonds is 0. The number of carbonyl (C=O) groups is 1. The SMILES string of the molecule is C[Si](C)(C)C#CC1(O)CCCCC1=O. The van der Waals surface area contributed by atoms with Crippen LogP contribution >= 0.6 is 0 Å². The van der Waals surface area contributed by atoms with Crippen molar-refractivity contribution in [2.45, 2.75) is 50.9 Å². The Morgan fingerprint density at radius 1 is 1.36 bits per heavy atom. The third-order valence-corrected chi connectivity index (χ3v) is 3.17. The average Bonchev–Trinajstić information content (AvgIpc) is 2.06. The Labute approximate surface area is 86.7 Å². The van der Waals surface area contributed by atoms with E-state index in [1.165, 1.54) is 0 Å². The van der Waals surface area contributed by atoms with E-state index in [0.717, 1.165) is 12.8 Å². The molecule has 1 unspecified atom stereocenters. The molecule has 0 aromatic rings. The molecule has 78 valence electrons. The molecular weight excluding hydrogens is 192 g/mol. The van der Waals surface area contributed by atoms with E-state index in [1.54, 1.807) is 0 Å². The lowest BCUT2D eigenvalue weighted by atomic mass is 9.84. The second kappa shape index (κ2) is 3.88. The first-order chi connectivity index (χ1) is 6.33. The molecule has 3 heteroatoms. The van der Waals surface area contributed by atoms with E-state index in [9.17, 15) is 9.90 Å². The lowest BCUT2D eigenvalue weighted by Crippen LogP contribution is -2.40. The number of carbonyl (C=O) groups excluding carboxylic acids is 1. The number of aliphatic hydroxyl groups is 1. The molecule has 1 saturated carbocycles. The van der Waals surface area contributed by atoms with E-state index in [1.807, 2.05) is 0 Å². The predicted octanol–water partition coefficient (Wildman–Crippen LogP) is 1.74. The summed E-state index contributed by atoms with van der Waals surface area (Å²) in [6, 6.07) is 0. The molecule has 0 heterocycles. The second-order valence-corrected chi connectivity index (χ2v) is 9.74. The normalized spacial score (nSPS) is 28.1. The summed E-state index contributed by atoms with van der Waals surface area (Å²) in [4.78, 5) is 11.5. The summed E-state index contributed by atoms with van der Waals surface area (Å²) >= 11 is 0. The molecule has 0 radical (unpaired) electrons. The van der Waals surface area contributed by atoms with E-state index in [0.29, 0.717) is 12.8 Å². The minimum absolute atomic E-state index is 0.0884. The first-order valence-corrected chi connectivity index (χ1v) is 8.63. The van der Waals surface area contributed by atoms with Gasteiger partial charge in [-0.1, -0.05) is 25.6 Å². The topological polar surface area (TPSA) is 37.3 Å². The summed E-state index contributed by atoms with van der Waals surface area (Å²) in [6.07, 6.45) is 2.80. The molecule has 0 spiro atoms. The van der Waals surface area contributed by atoms with Crippen LogP contribution in [0.2, 0.25) is 19.6 Å². The first-order valence-electron chi connectivity index (χ1n) is 5.13. The molecule has 1 N–H and O–H groups in total.